The summed E-state index contributed by atoms with van der Waals surface area (Å²) < 4.78 is 0. The molecule has 1 aromatic carbocycles. The molecule has 0 aliphatic heterocycles. The number of phenolic OH excluding ortho intramolecular Hbond substituents is 1. The molecule has 0 spiro atoms. The van der Waals surface area contributed by atoms with Gasteiger partial charge in [0.1, 0.15) is 5.75 Å². The van der Waals surface area contributed by atoms with Crippen molar-refractivity contribution in [3.8, 4) is 5.75 Å². The first-order valence-corrected chi connectivity index (χ1v) is 4.04. The number of aromatic hydroxyl groups is 1. The van der Waals surface area contributed by atoms with Crippen LogP contribution >= 0.6 is 12.4 Å². The smallest absolute Gasteiger partial charge is 0.115 e. The molecule has 0 radical (unpaired) electrons. The van der Waals surface area contributed by atoms with E-state index in [1.165, 1.54) is 0 Å². The fourth-order valence-electron chi connectivity index (χ4n) is 1.14. The Bertz CT molecular complexity index is 251. The van der Waals surface area contributed by atoms with Gasteiger partial charge in [-0.05, 0) is 38.0 Å². The molecule has 0 aliphatic rings. The maximum atomic E-state index is 9.02. The lowest BCUT2D eigenvalue weighted by atomic mass is 9.96. The molecule has 74 valence electrons. The first-order valence-electron chi connectivity index (χ1n) is 4.04. The van der Waals surface area contributed by atoms with E-state index in [0.717, 1.165) is 12.0 Å². The summed E-state index contributed by atoms with van der Waals surface area (Å²) in [6.45, 7) is 3.97. The summed E-state index contributed by atoms with van der Waals surface area (Å²) in [5.41, 5.74) is 6.81. The van der Waals surface area contributed by atoms with E-state index in [1.807, 2.05) is 26.0 Å². The highest BCUT2D eigenvalue weighted by atomic mass is 35.5. The highest BCUT2D eigenvalue weighted by Gasteiger charge is 2.10. The minimum Gasteiger partial charge on any atom is -0.508 e. The average molecular weight is 202 g/mol. The van der Waals surface area contributed by atoms with Crippen molar-refractivity contribution in [1.29, 1.82) is 0 Å². The molecular formula is C10H16ClNO. The normalized spacial score (nSPS) is 10.7. The number of rotatable bonds is 2. The summed E-state index contributed by atoms with van der Waals surface area (Å²) in [5, 5.41) is 9.02. The Morgan fingerprint density at radius 3 is 2.08 bits per heavy atom. The van der Waals surface area contributed by atoms with Gasteiger partial charge in [-0.25, -0.2) is 0 Å². The summed E-state index contributed by atoms with van der Waals surface area (Å²) >= 11 is 0. The molecule has 1 rings (SSSR count). The summed E-state index contributed by atoms with van der Waals surface area (Å²) in [6.07, 6.45) is 0.827. The molecule has 0 heterocycles. The van der Waals surface area contributed by atoms with Crippen molar-refractivity contribution in [2.75, 3.05) is 0 Å². The van der Waals surface area contributed by atoms with Crippen LogP contribution in [0, 0.1) is 0 Å². The van der Waals surface area contributed by atoms with Crippen molar-refractivity contribution in [3.63, 3.8) is 0 Å². The van der Waals surface area contributed by atoms with Gasteiger partial charge < -0.3 is 10.8 Å². The standard InChI is InChI=1S/C10H15NO.ClH/c1-10(2,11)7-8-3-5-9(12)6-4-8;/h3-6,12H,7,11H2,1-2H3;1H. The van der Waals surface area contributed by atoms with Gasteiger partial charge in [0.05, 0.1) is 0 Å². The van der Waals surface area contributed by atoms with Crippen molar-refractivity contribution in [1.82, 2.24) is 0 Å². The van der Waals surface area contributed by atoms with Crippen molar-refractivity contribution < 1.29 is 5.11 Å². The van der Waals surface area contributed by atoms with Crippen LogP contribution < -0.4 is 5.73 Å². The largest absolute Gasteiger partial charge is 0.508 e. The fourth-order valence-corrected chi connectivity index (χ4v) is 1.14. The summed E-state index contributed by atoms with van der Waals surface area (Å²) in [6, 6.07) is 7.15. The van der Waals surface area contributed by atoms with Gasteiger partial charge in [-0.15, -0.1) is 12.4 Å². The molecule has 0 bridgehead atoms. The molecule has 0 atom stereocenters. The van der Waals surface area contributed by atoms with Gasteiger partial charge >= 0.3 is 0 Å². The van der Waals surface area contributed by atoms with E-state index in [9.17, 15) is 0 Å². The van der Waals surface area contributed by atoms with E-state index in [4.69, 9.17) is 10.8 Å². The van der Waals surface area contributed by atoms with Crippen LogP contribution in [0.15, 0.2) is 24.3 Å². The van der Waals surface area contributed by atoms with Crippen molar-refractivity contribution in [2.24, 2.45) is 5.73 Å². The maximum absolute atomic E-state index is 9.02. The minimum absolute atomic E-state index is 0. The Morgan fingerprint density at radius 2 is 1.69 bits per heavy atom. The summed E-state index contributed by atoms with van der Waals surface area (Å²) in [5.74, 6) is 0.300. The molecule has 0 aliphatic carbocycles. The van der Waals surface area contributed by atoms with E-state index in [1.54, 1.807) is 12.1 Å². The van der Waals surface area contributed by atoms with Crippen molar-refractivity contribution in [3.05, 3.63) is 29.8 Å². The van der Waals surface area contributed by atoms with Crippen LogP contribution in [0.1, 0.15) is 19.4 Å². The van der Waals surface area contributed by atoms with E-state index in [2.05, 4.69) is 0 Å². The van der Waals surface area contributed by atoms with Gasteiger partial charge in [0.25, 0.3) is 0 Å². The molecule has 3 heteroatoms. The lowest BCUT2D eigenvalue weighted by molar-refractivity contribution is 0.473. The zero-order chi connectivity index (χ0) is 9.19. The lowest BCUT2D eigenvalue weighted by Gasteiger charge is -2.18. The quantitative estimate of drug-likeness (QED) is 0.770. The number of halogens is 1. The second-order valence-electron chi connectivity index (χ2n) is 3.83. The number of benzene rings is 1. The average Bonchev–Trinajstić information content (AvgIpc) is 1.91. The SMILES string of the molecule is CC(C)(N)Cc1ccc(O)cc1.Cl. The van der Waals surface area contributed by atoms with E-state index in [0.29, 0.717) is 5.75 Å². The van der Waals surface area contributed by atoms with Gasteiger partial charge in [0.15, 0.2) is 0 Å². The van der Waals surface area contributed by atoms with Crippen molar-refractivity contribution >= 4 is 12.4 Å². The first kappa shape index (κ1) is 12.3. The molecule has 0 amide bonds. The zero-order valence-electron chi connectivity index (χ0n) is 7.95. The highest BCUT2D eigenvalue weighted by Crippen LogP contribution is 2.13. The third kappa shape index (κ3) is 4.76. The number of nitrogens with two attached hydrogens (primary N) is 1. The molecule has 0 saturated carbocycles. The van der Waals surface area contributed by atoms with Gasteiger partial charge in [0, 0.05) is 5.54 Å². The molecule has 0 saturated heterocycles. The molecule has 0 unspecified atom stereocenters. The second kappa shape index (κ2) is 4.49. The van der Waals surface area contributed by atoms with E-state index >= 15 is 0 Å². The van der Waals surface area contributed by atoms with Crippen LogP contribution in [0.3, 0.4) is 0 Å². The predicted octanol–water partition coefficient (Wildman–Crippen LogP) is 2.09. The van der Waals surface area contributed by atoms with E-state index < -0.39 is 0 Å². The van der Waals surface area contributed by atoms with E-state index in [-0.39, 0.29) is 17.9 Å². The van der Waals surface area contributed by atoms with Crippen LogP contribution in [0.5, 0.6) is 5.75 Å². The summed E-state index contributed by atoms with van der Waals surface area (Å²) in [7, 11) is 0. The molecule has 13 heavy (non-hydrogen) atoms. The maximum Gasteiger partial charge on any atom is 0.115 e. The first-order chi connectivity index (χ1) is 5.47. The number of phenols is 1. The molecule has 3 N–H and O–H groups in total. The lowest BCUT2D eigenvalue weighted by Crippen LogP contribution is -2.34. The topological polar surface area (TPSA) is 46.2 Å². The van der Waals surface area contributed by atoms with Gasteiger partial charge in [-0.1, -0.05) is 12.1 Å². The summed E-state index contributed by atoms with van der Waals surface area (Å²) in [4.78, 5) is 0. The highest BCUT2D eigenvalue weighted by molar-refractivity contribution is 5.85. The van der Waals surface area contributed by atoms with Crippen LogP contribution in [0.25, 0.3) is 0 Å². The molecule has 2 nitrogen and oxygen atoms in total. The van der Waals surface area contributed by atoms with Gasteiger partial charge in [-0.2, -0.15) is 0 Å². The fraction of sp³-hybridized carbons (Fsp3) is 0.400. The number of hydrogen-bond acceptors (Lipinski definition) is 2. The Balaban J connectivity index is 0.00000144. The second-order valence-corrected chi connectivity index (χ2v) is 3.83. The third-order valence-electron chi connectivity index (χ3n) is 1.60. The van der Waals surface area contributed by atoms with Crippen molar-refractivity contribution in [2.45, 2.75) is 25.8 Å². The van der Waals surface area contributed by atoms with Crippen LogP contribution in [0.2, 0.25) is 0 Å². The third-order valence-corrected chi connectivity index (χ3v) is 1.60. The molecule has 0 fully saturated rings. The van der Waals surface area contributed by atoms with Crippen LogP contribution in [-0.2, 0) is 6.42 Å². The predicted molar refractivity (Wildman–Crippen MR) is 57.3 cm³/mol. The Labute approximate surface area is 85.2 Å². The van der Waals surface area contributed by atoms with Crippen LogP contribution in [0.4, 0.5) is 0 Å². The molecule has 0 aromatic heterocycles. The Morgan fingerprint density at radius 1 is 1.23 bits per heavy atom. The molecule has 1 aromatic rings. The Kier molecular flexibility index (Phi) is 4.24. The van der Waals surface area contributed by atoms with Gasteiger partial charge in [-0.3, -0.25) is 0 Å². The Hall–Kier alpha value is -0.730. The zero-order valence-corrected chi connectivity index (χ0v) is 8.77. The monoisotopic (exact) mass is 201 g/mol. The minimum atomic E-state index is -0.184. The van der Waals surface area contributed by atoms with Crippen LogP contribution in [-0.4, -0.2) is 10.6 Å². The van der Waals surface area contributed by atoms with Gasteiger partial charge in [0.2, 0.25) is 0 Å². The number of hydrogen-bond donors (Lipinski definition) is 2. The molecular weight excluding hydrogens is 186 g/mol.